The van der Waals surface area contributed by atoms with Gasteiger partial charge in [0.15, 0.2) is 9.84 Å². The summed E-state index contributed by atoms with van der Waals surface area (Å²) in [5.74, 6) is 0.568. The van der Waals surface area contributed by atoms with Gasteiger partial charge in [0, 0.05) is 32.2 Å². The Morgan fingerprint density at radius 2 is 1.90 bits per heavy atom. The van der Waals surface area contributed by atoms with Gasteiger partial charge < -0.3 is 9.80 Å². The molecule has 7 heteroatoms. The Labute approximate surface area is 121 Å². The third-order valence-corrected chi connectivity index (χ3v) is 6.14. The van der Waals surface area contributed by atoms with Crippen LogP contribution in [0.25, 0.3) is 0 Å². The zero-order valence-corrected chi connectivity index (χ0v) is 13.2. The molecule has 0 spiro atoms. The minimum absolute atomic E-state index is 0.000816. The molecule has 0 aromatic heterocycles. The van der Waals surface area contributed by atoms with Gasteiger partial charge in [0.1, 0.15) is 0 Å². The van der Waals surface area contributed by atoms with Gasteiger partial charge >= 0.3 is 0 Å². The number of amides is 1. The first-order valence-electron chi connectivity index (χ1n) is 7.32. The molecule has 2 heterocycles. The number of likely N-dealkylation sites (N-methyl/N-ethyl adjacent to an activating group) is 2. The lowest BCUT2D eigenvalue weighted by Gasteiger charge is -2.35. The van der Waals surface area contributed by atoms with Gasteiger partial charge in [-0.25, -0.2) is 8.42 Å². The smallest absolute Gasteiger partial charge is 0.236 e. The molecule has 116 valence electrons. The van der Waals surface area contributed by atoms with Gasteiger partial charge in [-0.1, -0.05) is 6.92 Å². The number of nitrogens with zero attached hydrogens (tertiary/aromatic N) is 3. The standard InChI is InChI=1S/C13H25N3O3S/c1-3-15-5-7-16(8-6-15)13(17)10-14(2)12-4-9-20(18,19)11-12/h12H,3-11H2,1-2H3. The molecule has 2 rings (SSSR count). The maximum Gasteiger partial charge on any atom is 0.236 e. The summed E-state index contributed by atoms with van der Waals surface area (Å²) in [6, 6.07) is 0.000816. The van der Waals surface area contributed by atoms with Crippen LogP contribution in [0.2, 0.25) is 0 Å². The second kappa shape index (κ2) is 6.41. The molecular formula is C13H25N3O3S. The zero-order chi connectivity index (χ0) is 14.8. The van der Waals surface area contributed by atoms with Crippen LogP contribution in [-0.4, -0.2) is 92.9 Å². The van der Waals surface area contributed by atoms with Crippen LogP contribution >= 0.6 is 0 Å². The minimum atomic E-state index is -2.89. The largest absolute Gasteiger partial charge is 0.339 e. The van der Waals surface area contributed by atoms with E-state index in [1.165, 1.54) is 0 Å². The highest BCUT2D eigenvalue weighted by Crippen LogP contribution is 2.16. The summed E-state index contributed by atoms with van der Waals surface area (Å²) >= 11 is 0. The highest BCUT2D eigenvalue weighted by Gasteiger charge is 2.32. The van der Waals surface area contributed by atoms with E-state index in [1.807, 2.05) is 16.8 Å². The fourth-order valence-electron chi connectivity index (χ4n) is 2.88. The first-order chi connectivity index (χ1) is 9.41. The van der Waals surface area contributed by atoms with Gasteiger partial charge in [-0.2, -0.15) is 0 Å². The van der Waals surface area contributed by atoms with Crippen molar-refractivity contribution < 1.29 is 13.2 Å². The first-order valence-corrected chi connectivity index (χ1v) is 9.14. The van der Waals surface area contributed by atoms with E-state index in [-0.39, 0.29) is 23.5 Å². The van der Waals surface area contributed by atoms with E-state index in [4.69, 9.17) is 0 Å². The monoisotopic (exact) mass is 303 g/mol. The fraction of sp³-hybridized carbons (Fsp3) is 0.923. The van der Waals surface area contributed by atoms with Crippen molar-refractivity contribution in [3.63, 3.8) is 0 Å². The van der Waals surface area contributed by atoms with Crippen LogP contribution in [0.5, 0.6) is 0 Å². The predicted octanol–water partition coefficient (Wildman–Crippen LogP) is -0.731. The molecule has 2 saturated heterocycles. The van der Waals surface area contributed by atoms with Crippen molar-refractivity contribution in [1.82, 2.24) is 14.7 Å². The maximum atomic E-state index is 12.2. The molecule has 20 heavy (non-hydrogen) atoms. The van der Waals surface area contributed by atoms with Crippen molar-refractivity contribution in [3.8, 4) is 0 Å². The lowest BCUT2D eigenvalue weighted by Crippen LogP contribution is -2.51. The lowest BCUT2D eigenvalue weighted by molar-refractivity contribution is -0.134. The quantitative estimate of drug-likeness (QED) is 0.685. The Hall–Kier alpha value is -0.660. The van der Waals surface area contributed by atoms with Crippen molar-refractivity contribution in [2.24, 2.45) is 0 Å². The number of carbonyl (C=O) groups is 1. The van der Waals surface area contributed by atoms with Crippen molar-refractivity contribution >= 4 is 15.7 Å². The second-order valence-electron chi connectivity index (χ2n) is 5.79. The Morgan fingerprint density at radius 3 is 2.40 bits per heavy atom. The molecule has 1 unspecified atom stereocenters. The van der Waals surface area contributed by atoms with Gasteiger partial charge in [-0.05, 0) is 20.0 Å². The van der Waals surface area contributed by atoms with Crippen LogP contribution in [-0.2, 0) is 14.6 Å². The Kier molecular flexibility index (Phi) is 5.04. The third kappa shape index (κ3) is 3.93. The molecule has 2 aliphatic rings. The number of rotatable bonds is 4. The second-order valence-corrected chi connectivity index (χ2v) is 8.02. The normalized spacial score (nSPS) is 27.1. The Bertz CT molecular complexity index is 444. The van der Waals surface area contributed by atoms with E-state index in [0.717, 1.165) is 32.7 Å². The topological polar surface area (TPSA) is 60.9 Å². The summed E-state index contributed by atoms with van der Waals surface area (Å²) in [5.41, 5.74) is 0. The number of carbonyl (C=O) groups excluding carboxylic acids is 1. The summed E-state index contributed by atoms with van der Waals surface area (Å²) in [6.45, 7) is 6.92. The molecule has 0 bridgehead atoms. The molecule has 1 amide bonds. The van der Waals surface area contributed by atoms with Crippen LogP contribution < -0.4 is 0 Å². The average molecular weight is 303 g/mol. The maximum absolute atomic E-state index is 12.2. The first kappa shape index (κ1) is 15.7. The van der Waals surface area contributed by atoms with E-state index >= 15 is 0 Å². The van der Waals surface area contributed by atoms with Gasteiger partial charge in [0.25, 0.3) is 0 Å². The van der Waals surface area contributed by atoms with Crippen molar-refractivity contribution in [3.05, 3.63) is 0 Å². The van der Waals surface area contributed by atoms with Gasteiger partial charge in [0.2, 0.25) is 5.91 Å². The average Bonchev–Trinajstić information content (AvgIpc) is 2.79. The SMILES string of the molecule is CCN1CCN(C(=O)CN(C)C2CCS(=O)(=O)C2)CC1. The van der Waals surface area contributed by atoms with Gasteiger partial charge in [0.05, 0.1) is 18.1 Å². The van der Waals surface area contributed by atoms with Crippen LogP contribution in [0, 0.1) is 0 Å². The highest BCUT2D eigenvalue weighted by molar-refractivity contribution is 7.91. The molecule has 6 nitrogen and oxygen atoms in total. The molecule has 0 N–H and O–H groups in total. The molecule has 0 aromatic rings. The molecular weight excluding hydrogens is 278 g/mol. The van der Waals surface area contributed by atoms with Crippen LogP contribution in [0.1, 0.15) is 13.3 Å². The molecule has 2 aliphatic heterocycles. The van der Waals surface area contributed by atoms with Crippen molar-refractivity contribution in [1.29, 1.82) is 0 Å². The Morgan fingerprint density at radius 1 is 1.25 bits per heavy atom. The molecule has 1 atom stereocenters. The van der Waals surface area contributed by atoms with E-state index in [2.05, 4.69) is 11.8 Å². The molecule has 0 aliphatic carbocycles. The predicted molar refractivity (Wildman–Crippen MR) is 78.4 cm³/mol. The van der Waals surface area contributed by atoms with Crippen LogP contribution in [0.15, 0.2) is 0 Å². The van der Waals surface area contributed by atoms with E-state index < -0.39 is 9.84 Å². The van der Waals surface area contributed by atoms with Crippen molar-refractivity contribution in [2.75, 3.05) is 57.8 Å². The van der Waals surface area contributed by atoms with E-state index in [1.54, 1.807) is 0 Å². The molecule has 0 saturated carbocycles. The summed E-state index contributed by atoms with van der Waals surface area (Å²) in [5, 5.41) is 0. The van der Waals surface area contributed by atoms with Gasteiger partial charge in [-0.15, -0.1) is 0 Å². The third-order valence-electron chi connectivity index (χ3n) is 4.39. The summed E-state index contributed by atoms with van der Waals surface area (Å²) in [6.07, 6.45) is 0.649. The number of piperazine rings is 1. The number of hydrogen-bond donors (Lipinski definition) is 0. The summed E-state index contributed by atoms with van der Waals surface area (Å²) in [4.78, 5) is 18.4. The van der Waals surface area contributed by atoms with Crippen molar-refractivity contribution in [2.45, 2.75) is 19.4 Å². The van der Waals surface area contributed by atoms with E-state index in [9.17, 15) is 13.2 Å². The van der Waals surface area contributed by atoms with E-state index in [0.29, 0.717) is 13.0 Å². The zero-order valence-electron chi connectivity index (χ0n) is 12.4. The van der Waals surface area contributed by atoms with Gasteiger partial charge in [-0.3, -0.25) is 9.69 Å². The number of sulfone groups is 1. The minimum Gasteiger partial charge on any atom is -0.339 e. The lowest BCUT2D eigenvalue weighted by atomic mass is 10.2. The summed E-state index contributed by atoms with van der Waals surface area (Å²) in [7, 11) is -1.03. The molecule has 0 aromatic carbocycles. The molecule has 0 radical (unpaired) electrons. The number of hydrogen-bond acceptors (Lipinski definition) is 5. The molecule has 2 fully saturated rings. The highest BCUT2D eigenvalue weighted by atomic mass is 32.2. The summed E-state index contributed by atoms with van der Waals surface area (Å²) < 4.78 is 22.9. The Balaban J connectivity index is 1.80. The van der Waals surface area contributed by atoms with Crippen LogP contribution in [0.4, 0.5) is 0 Å². The fourth-order valence-corrected chi connectivity index (χ4v) is 4.68. The van der Waals surface area contributed by atoms with Crippen LogP contribution in [0.3, 0.4) is 0 Å².